The van der Waals surface area contributed by atoms with Crippen molar-refractivity contribution in [2.75, 3.05) is 47.0 Å². The molecule has 0 amide bonds. The summed E-state index contributed by atoms with van der Waals surface area (Å²) >= 11 is 0. The zero-order valence-corrected chi connectivity index (χ0v) is 14.4. The van der Waals surface area contributed by atoms with Crippen LogP contribution in [0.1, 0.15) is 0 Å². The molecule has 0 radical (unpaired) electrons. The Bertz CT molecular complexity index is 620. The van der Waals surface area contributed by atoms with Gasteiger partial charge in [-0.25, -0.2) is 8.42 Å². The van der Waals surface area contributed by atoms with Crippen molar-refractivity contribution < 1.29 is 17.9 Å². The highest BCUT2D eigenvalue weighted by Crippen LogP contribution is 2.35. The van der Waals surface area contributed by atoms with Gasteiger partial charge in [0, 0.05) is 19.0 Å². The van der Waals surface area contributed by atoms with Gasteiger partial charge in [0.05, 0.1) is 36.9 Å². The van der Waals surface area contributed by atoms with Crippen LogP contribution in [0.5, 0.6) is 0 Å². The van der Waals surface area contributed by atoms with Gasteiger partial charge in [0.2, 0.25) is 10.0 Å². The normalized spacial score (nSPS) is 28.4. The number of ether oxygens (including phenoxy) is 2. The topological polar surface area (TPSA) is 59.1 Å². The van der Waals surface area contributed by atoms with Crippen LogP contribution >= 0.6 is 0 Å². The average Bonchev–Trinajstić information content (AvgIpc) is 3.11. The number of nitrogens with zero attached hydrogens (tertiary/aromatic N) is 2. The highest BCUT2D eigenvalue weighted by atomic mass is 32.2. The minimum absolute atomic E-state index is 0.0964. The third-order valence-electron chi connectivity index (χ3n) is 4.52. The summed E-state index contributed by atoms with van der Waals surface area (Å²) in [5, 5.41) is 0. The average molecular weight is 340 g/mol. The Kier molecular flexibility index (Phi) is 5.03. The monoisotopic (exact) mass is 340 g/mol. The summed E-state index contributed by atoms with van der Waals surface area (Å²) in [7, 11) is 0.479. The first-order chi connectivity index (χ1) is 11.0. The van der Waals surface area contributed by atoms with E-state index < -0.39 is 10.0 Å². The largest absolute Gasteiger partial charge is 0.379 e. The first-order valence-electron chi connectivity index (χ1n) is 7.91. The van der Waals surface area contributed by atoms with E-state index in [1.54, 1.807) is 28.6 Å². The summed E-state index contributed by atoms with van der Waals surface area (Å²) in [6.45, 7) is 2.84. The number of hydrogen-bond acceptors (Lipinski definition) is 5. The number of sulfonamides is 1. The molecule has 1 aromatic carbocycles. The molecule has 0 aliphatic carbocycles. The molecule has 2 aliphatic heterocycles. The number of likely N-dealkylation sites (N-methyl/N-ethyl adjacent to an activating group) is 1. The minimum Gasteiger partial charge on any atom is -0.379 e. The van der Waals surface area contributed by atoms with Crippen LogP contribution in [0.25, 0.3) is 0 Å². The molecule has 0 N–H and O–H groups in total. The summed E-state index contributed by atoms with van der Waals surface area (Å²) < 4.78 is 38.9. The molecular weight excluding hydrogens is 316 g/mol. The fourth-order valence-electron chi connectivity index (χ4n) is 3.23. The van der Waals surface area contributed by atoms with Gasteiger partial charge in [-0.1, -0.05) is 18.2 Å². The molecule has 6 nitrogen and oxygen atoms in total. The van der Waals surface area contributed by atoms with Gasteiger partial charge in [-0.2, -0.15) is 4.31 Å². The summed E-state index contributed by atoms with van der Waals surface area (Å²) in [6, 6.07) is 8.47. The van der Waals surface area contributed by atoms with Crippen molar-refractivity contribution in [2.45, 2.75) is 17.0 Å². The van der Waals surface area contributed by atoms with E-state index in [1.807, 2.05) is 20.2 Å². The van der Waals surface area contributed by atoms with Crippen LogP contribution in [0.4, 0.5) is 0 Å². The highest BCUT2D eigenvalue weighted by Gasteiger charge is 2.50. The predicted molar refractivity (Wildman–Crippen MR) is 86.7 cm³/mol. The Morgan fingerprint density at radius 2 is 2.00 bits per heavy atom. The third kappa shape index (κ3) is 3.44. The number of hydrogen-bond donors (Lipinski definition) is 0. The summed E-state index contributed by atoms with van der Waals surface area (Å²) in [6.07, 6.45) is -0.0964. The van der Waals surface area contributed by atoms with E-state index in [-0.39, 0.29) is 18.1 Å². The van der Waals surface area contributed by atoms with Gasteiger partial charge >= 0.3 is 0 Å². The Labute approximate surface area is 138 Å². The molecule has 1 aromatic rings. The maximum atomic E-state index is 12.9. The molecule has 0 aromatic heterocycles. The van der Waals surface area contributed by atoms with Gasteiger partial charge in [-0.15, -0.1) is 0 Å². The van der Waals surface area contributed by atoms with Crippen molar-refractivity contribution in [3.8, 4) is 0 Å². The molecule has 2 aliphatic rings. The van der Waals surface area contributed by atoms with Crippen LogP contribution in [0, 0.1) is 5.92 Å². The van der Waals surface area contributed by atoms with E-state index in [4.69, 9.17) is 9.47 Å². The molecule has 128 valence electrons. The van der Waals surface area contributed by atoms with Gasteiger partial charge in [-0.05, 0) is 26.2 Å². The van der Waals surface area contributed by atoms with Crippen molar-refractivity contribution in [2.24, 2.45) is 5.92 Å². The molecule has 3 rings (SSSR count). The highest BCUT2D eigenvalue weighted by molar-refractivity contribution is 7.89. The molecule has 0 bridgehead atoms. The van der Waals surface area contributed by atoms with Crippen LogP contribution in [-0.4, -0.2) is 76.8 Å². The van der Waals surface area contributed by atoms with Crippen LogP contribution < -0.4 is 0 Å². The second-order valence-electron chi connectivity index (χ2n) is 6.37. The second-order valence-corrected chi connectivity index (χ2v) is 8.26. The van der Waals surface area contributed by atoms with E-state index in [9.17, 15) is 8.42 Å². The van der Waals surface area contributed by atoms with Crippen LogP contribution in [0.15, 0.2) is 35.2 Å². The summed E-state index contributed by atoms with van der Waals surface area (Å²) in [4.78, 5) is 2.38. The number of rotatable bonds is 6. The fraction of sp³-hybridized carbons (Fsp3) is 0.625. The molecular formula is C16H24N2O4S. The van der Waals surface area contributed by atoms with Crippen molar-refractivity contribution in [3.05, 3.63) is 30.3 Å². The number of fused-ring (bicyclic) bond motifs is 1. The van der Waals surface area contributed by atoms with Gasteiger partial charge in [-0.3, -0.25) is 0 Å². The zero-order valence-electron chi connectivity index (χ0n) is 13.6. The van der Waals surface area contributed by atoms with Gasteiger partial charge < -0.3 is 14.4 Å². The smallest absolute Gasteiger partial charge is 0.243 e. The molecule has 0 saturated carbocycles. The lowest BCUT2D eigenvalue weighted by molar-refractivity contribution is 0.0171. The van der Waals surface area contributed by atoms with Crippen LogP contribution in [0.2, 0.25) is 0 Å². The molecule has 7 heteroatoms. The molecule has 23 heavy (non-hydrogen) atoms. The minimum atomic E-state index is -3.50. The van der Waals surface area contributed by atoms with Gasteiger partial charge in [0.15, 0.2) is 0 Å². The van der Waals surface area contributed by atoms with Crippen molar-refractivity contribution in [1.29, 1.82) is 0 Å². The second kappa shape index (κ2) is 6.86. The Morgan fingerprint density at radius 3 is 2.70 bits per heavy atom. The lowest BCUT2D eigenvalue weighted by Crippen LogP contribution is -2.38. The van der Waals surface area contributed by atoms with Gasteiger partial charge in [0.25, 0.3) is 0 Å². The first kappa shape index (κ1) is 16.9. The SMILES string of the molecule is CN(C)CCO[C@H]1CN(S(=O)(=O)c2ccccc2)[C@H]2COC[C@@H]12. The lowest BCUT2D eigenvalue weighted by atomic mass is 10.0. The summed E-state index contributed by atoms with van der Waals surface area (Å²) in [5.41, 5.74) is 0. The summed E-state index contributed by atoms with van der Waals surface area (Å²) in [5.74, 6) is 0.121. The van der Waals surface area contributed by atoms with E-state index in [2.05, 4.69) is 4.90 Å². The van der Waals surface area contributed by atoms with E-state index in [0.29, 0.717) is 31.3 Å². The Hall–Kier alpha value is -0.990. The molecule has 2 fully saturated rings. The molecule has 0 spiro atoms. The fourth-order valence-corrected chi connectivity index (χ4v) is 4.92. The standard InChI is InChI=1S/C16H24N2O4S/c1-17(2)8-9-22-16-10-18(15-12-21-11-14(15)16)23(19,20)13-6-4-3-5-7-13/h3-7,14-16H,8-12H2,1-2H3/t14-,15+,16+/m1/s1. The van der Waals surface area contributed by atoms with Crippen molar-refractivity contribution in [1.82, 2.24) is 9.21 Å². The number of benzene rings is 1. The van der Waals surface area contributed by atoms with E-state index in [1.165, 1.54) is 0 Å². The van der Waals surface area contributed by atoms with Crippen LogP contribution in [-0.2, 0) is 19.5 Å². The molecule has 0 unspecified atom stereocenters. The quantitative estimate of drug-likeness (QED) is 0.761. The maximum Gasteiger partial charge on any atom is 0.243 e. The van der Waals surface area contributed by atoms with E-state index >= 15 is 0 Å². The van der Waals surface area contributed by atoms with Crippen molar-refractivity contribution in [3.63, 3.8) is 0 Å². The maximum absolute atomic E-state index is 12.9. The Morgan fingerprint density at radius 1 is 1.26 bits per heavy atom. The lowest BCUT2D eigenvalue weighted by Gasteiger charge is -2.21. The van der Waals surface area contributed by atoms with E-state index in [0.717, 1.165) is 6.54 Å². The Balaban J connectivity index is 1.75. The molecule has 3 atom stereocenters. The third-order valence-corrected chi connectivity index (χ3v) is 6.43. The zero-order chi connectivity index (χ0) is 16.4. The van der Waals surface area contributed by atoms with Crippen LogP contribution in [0.3, 0.4) is 0 Å². The first-order valence-corrected chi connectivity index (χ1v) is 9.35. The predicted octanol–water partition coefficient (Wildman–Crippen LogP) is 0.653. The van der Waals surface area contributed by atoms with Gasteiger partial charge in [0.1, 0.15) is 0 Å². The molecule has 2 saturated heterocycles. The molecule has 2 heterocycles. The van der Waals surface area contributed by atoms with Crippen molar-refractivity contribution >= 4 is 10.0 Å².